The molecule has 1 fully saturated rings. The lowest BCUT2D eigenvalue weighted by Crippen LogP contribution is -2.37. The number of nitrogens with one attached hydrogen (secondary N) is 1. The van der Waals surface area contributed by atoms with Crippen molar-refractivity contribution in [3.63, 3.8) is 0 Å². The van der Waals surface area contributed by atoms with Gasteiger partial charge in [-0.1, -0.05) is 12.1 Å². The molecule has 0 bridgehead atoms. The van der Waals surface area contributed by atoms with Crippen molar-refractivity contribution >= 4 is 34.9 Å². The van der Waals surface area contributed by atoms with Gasteiger partial charge in [-0.05, 0) is 49.4 Å². The molecule has 11 heteroatoms. The van der Waals surface area contributed by atoms with Crippen molar-refractivity contribution in [3.05, 3.63) is 51.7 Å². The molecule has 0 atom stereocenters. The number of thioether (sulfide) groups is 1. The second-order valence-electron chi connectivity index (χ2n) is 7.08. The van der Waals surface area contributed by atoms with E-state index in [1.54, 1.807) is 4.68 Å². The standard InChI is InChI=1S/C21H22F2N4O4S/c1-12-16(13(2)26(3)25-12)11-18(28)24-8-9-27-19(29)17(32-21(27)30)10-14-4-6-15(7-5-14)31-20(22)23/h4-7,10,20H,8-9,11H2,1-3H3,(H,24,28). The minimum Gasteiger partial charge on any atom is -0.435 e. The van der Waals surface area contributed by atoms with E-state index in [4.69, 9.17) is 0 Å². The normalized spacial score (nSPS) is 15.2. The van der Waals surface area contributed by atoms with E-state index in [1.165, 1.54) is 30.3 Å². The van der Waals surface area contributed by atoms with Crippen LogP contribution in [0, 0.1) is 13.8 Å². The van der Waals surface area contributed by atoms with Crippen LogP contribution in [0.4, 0.5) is 13.6 Å². The summed E-state index contributed by atoms with van der Waals surface area (Å²) in [5.74, 6) is -0.698. The molecule has 0 unspecified atom stereocenters. The van der Waals surface area contributed by atoms with E-state index in [0.29, 0.717) is 5.56 Å². The molecule has 1 aliphatic heterocycles. The number of aromatic nitrogens is 2. The highest BCUT2D eigenvalue weighted by atomic mass is 32.2. The van der Waals surface area contributed by atoms with Gasteiger partial charge in [-0.2, -0.15) is 13.9 Å². The fourth-order valence-corrected chi connectivity index (χ4v) is 4.06. The Labute approximate surface area is 187 Å². The predicted molar refractivity (Wildman–Crippen MR) is 115 cm³/mol. The summed E-state index contributed by atoms with van der Waals surface area (Å²) in [6.45, 7) is 0.966. The van der Waals surface area contributed by atoms with Crippen LogP contribution in [0.2, 0.25) is 0 Å². The zero-order valence-corrected chi connectivity index (χ0v) is 18.5. The van der Waals surface area contributed by atoms with Crippen LogP contribution in [0.5, 0.6) is 5.75 Å². The summed E-state index contributed by atoms with van der Waals surface area (Å²) in [5, 5.41) is 6.56. The quantitative estimate of drug-likeness (QED) is 0.604. The van der Waals surface area contributed by atoms with E-state index in [9.17, 15) is 23.2 Å². The Balaban J connectivity index is 1.54. The Morgan fingerprint density at radius 3 is 2.53 bits per heavy atom. The largest absolute Gasteiger partial charge is 0.435 e. The van der Waals surface area contributed by atoms with Crippen molar-refractivity contribution in [3.8, 4) is 5.75 Å². The third kappa shape index (κ3) is 5.52. The SMILES string of the molecule is Cc1nn(C)c(C)c1CC(=O)NCCN1C(=O)SC(=Cc2ccc(OC(F)F)cc2)C1=O. The zero-order valence-electron chi connectivity index (χ0n) is 17.7. The van der Waals surface area contributed by atoms with Crippen molar-refractivity contribution in [1.82, 2.24) is 20.0 Å². The Morgan fingerprint density at radius 1 is 1.25 bits per heavy atom. The molecule has 1 aromatic carbocycles. The molecule has 2 heterocycles. The van der Waals surface area contributed by atoms with Crippen LogP contribution in [0.15, 0.2) is 29.2 Å². The summed E-state index contributed by atoms with van der Waals surface area (Å²) in [5.41, 5.74) is 3.10. The topological polar surface area (TPSA) is 93.5 Å². The van der Waals surface area contributed by atoms with Crippen LogP contribution >= 0.6 is 11.8 Å². The first-order valence-corrected chi connectivity index (χ1v) is 10.5. The molecule has 1 N–H and O–H groups in total. The number of carbonyl (C=O) groups is 3. The molecule has 170 valence electrons. The molecule has 0 saturated carbocycles. The lowest BCUT2D eigenvalue weighted by Gasteiger charge is -2.13. The van der Waals surface area contributed by atoms with Crippen molar-refractivity contribution in [2.24, 2.45) is 7.05 Å². The Morgan fingerprint density at radius 2 is 1.94 bits per heavy atom. The van der Waals surface area contributed by atoms with Gasteiger partial charge >= 0.3 is 6.61 Å². The second-order valence-corrected chi connectivity index (χ2v) is 8.07. The first-order valence-electron chi connectivity index (χ1n) is 9.71. The van der Waals surface area contributed by atoms with Gasteiger partial charge in [-0.15, -0.1) is 0 Å². The summed E-state index contributed by atoms with van der Waals surface area (Å²) in [6.07, 6.45) is 1.67. The van der Waals surface area contributed by atoms with Gasteiger partial charge in [0.05, 0.1) is 17.0 Å². The number of amides is 3. The van der Waals surface area contributed by atoms with Gasteiger partial charge in [0, 0.05) is 31.4 Å². The number of nitrogens with zero attached hydrogens (tertiary/aromatic N) is 3. The van der Waals surface area contributed by atoms with E-state index in [-0.39, 0.29) is 36.1 Å². The molecule has 1 aliphatic rings. The fraction of sp³-hybridized carbons (Fsp3) is 0.333. The van der Waals surface area contributed by atoms with Gasteiger partial charge < -0.3 is 10.1 Å². The van der Waals surface area contributed by atoms with Crippen molar-refractivity contribution in [2.45, 2.75) is 26.9 Å². The third-order valence-electron chi connectivity index (χ3n) is 4.93. The highest BCUT2D eigenvalue weighted by Crippen LogP contribution is 2.32. The van der Waals surface area contributed by atoms with Gasteiger partial charge in [0.2, 0.25) is 5.91 Å². The fourth-order valence-electron chi connectivity index (χ4n) is 3.19. The maximum Gasteiger partial charge on any atom is 0.387 e. The van der Waals surface area contributed by atoms with E-state index >= 15 is 0 Å². The first kappa shape index (κ1) is 23.5. The predicted octanol–water partition coefficient (Wildman–Crippen LogP) is 3.03. The molecule has 1 saturated heterocycles. The average Bonchev–Trinajstić information content (AvgIpc) is 3.12. The highest BCUT2D eigenvalue weighted by molar-refractivity contribution is 8.18. The zero-order chi connectivity index (χ0) is 23.4. The van der Waals surface area contributed by atoms with Crippen molar-refractivity contribution in [2.75, 3.05) is 13.1 Å². The molecule has 1 aromatic heterocycles. The van der Waals surface area contributed by atoms with Gasteiger partial charge in [0.1, 0.15) is 5.75 Å². The van der Waals surface area contributed by atoms with E-state index in [1.807, 2.05) is 20.9 Å². The summed E-state index contributed by atoms with van der Waals surface area (Å²) in [7, 11) is 1.81. The number of carbonyl (C=O) groups excluding carboxylic acids is 3. The molecule has 2 aromatic rings. The monoisotopic (exact) mass is 464 g/mol. The van der Waals surface area contributed by atoms with Crippen LogP contribution < -0.4 is 10.1 Å². The molecular weight excluding hydrogens is 442 g/mol. The van der Waals surface area contributed by atoms with Crippen LogP contribution in [0.3, 0.4) is 0 Å². The molecule has 0 spiro atoms. The number of alkyl halides is 2. The number of rotatable bonds is 8. The van der Waals surface area contributed by atoms with E-state index in [0.717, 1.165) is 33.6 Å². The number of benzene rings is 1. The summed E-state index contributed by atoms with van der Waals surface area (Å²) in [4.78, 5) is 38.3. The van der Waals surface area contributed by atoms with Gasteiger partial charge in [-0.25, -0.2) is 0 Å². The van der Waals surface area contributed by atoms with Crippen molar-refractivity contribution < 1.29 is 27.9 Å². The van der Waals surface area contributed by atoms with Crippen LogP contribution in [-0.4, -0.2) is 51.4 Å². The second kappa shape index (κ2) is 9.94. The number of imide groups is 1. The maximum atomic E-state index is 12.6. The number of halogens is 2. The lowest BCUT2D eigenvalue weighted by molar-refractivity contribution is -0.124. The molecule has 3 rings (SSSR count). The number of hydrogen-bond acceptors (Lipinski definition) is 6. The molecule has 8 nitrogen and oxygen atoms in total. The smallest absolute Gasteiger partial charge is 0.387 e. The Kier molecular flexibility index (Phi) is 7.29. The first-order chi connectivity index (χ1) is 15.2. The number of aryl methyl sites for hydroxylation is 2. The van der Waals surface area contributed by atoms with Gasteiger partial charge in [0.15, 0.2) is 0 Å². The molecule has 32 heavy (non-hydrogen) atoms. The Hall–Kier alpha value is -3.21. The summed E-state index contributed by atoms with van der Waals surface area (Å²) < 4.78 is 30.5. The molecule has 0 radical (unpaired) electrons. The third-order valence-corrected chi connectivity index (χ3v) is 5.84. The van der Waals surface area contributed by atoms with Gasteiger partial charge in [-0.3, -0.25) is 24.0 Å². The number of hydrogen-bond donors (Lipinski definition) is 1. The minimum atomic E-state index is -2.92. The lowest BCUT2D eigenvalue weighted by atomic mass is 10.1. The van der Waals surface area contributed by atoms with E-state index in [2.05, 4.69) is 15.2 Å². The van der Waals surface area contributed by atoms with Crippen LogP contribution in [0.1, 0.15) is 22.5 Å². The average molecular weight is 464 g/mol. The summed E-state index contributed by atoms with van der Waals surface area (Å²) >= 11 is 0.783. The summed E-state index contributed by atoms with van der Waals surface area (Å²) in [6, 6.07) is 5.72. The molecule has 3 amide bonds. The van der Waals surface area contributed by atoms with E-state index < -0.39 is 17.8 Å². The maximum absolute atomic E-state index is 12.6. The van der Waals surface area contributed by atoms with Gasteiger partial charge in [0.25, 0.3) is 11.1 Å². The van der Waals surface area contributed by atoms with Crippen LogP contribution in [-0.2, 0) is 23.1 Å². The minimum absolute atomic E-state index is 0.00216. The molecular formula is C21H22F2N4O4S. The molecule has 0 aliphatic carbocycles. The number of ether oxygens (including phenoxy) is 1. The van der Waals surface area contributed by atoms with Crippen LogP contribution in [0.25, 0.3) is 6.08 Å². The van der Waals surface area contributed by atoms with Crippen molar-refractivity contribution in [1.29, 1.82) is 0 Å². The Bertz CT molecular complexity index is 1070. The highest BCUT2D eigenvalue weighted by Gasteiger charge is 2.34.